The number of piperidine rings is 1. The van der Waals surface area contributed by atoms with Gasteiger partial charge in [-0.3, -0.25) is 9.59 Å². The van der Waals surface area contributed by atoms with Gasteiger partial charge >= 0.3 is 0 Å². The SMILES string of the molecule is CC(=O)c1ccc(S(=O)(=O)N2CCC(C(=O)NCC(c3ccccc3)c3ccccc3)CC2)cc1. The van der Waals surface area contributed by atoms with Gasteiger partial charge in [-0.2, -0.15) is 4.31 Å². The summed E-state index contributed by atoms with van der Waals surface area (Å²) in [5.74, 6) is -0.333. The third kappa shape index (κ3) is 5.86. The molecule has 182 valence electrons. The molecule has 0 aromatic heterocycles. The van der Waals surface area contributed by atoms with E-state index in [0.29, 0.717) is 24.9 Å². The molecule has 0 bridgehead atoms. The van der Waals surface area contributed by atoms with E-state index in [-0.39, 0.29) is 41.5 Å². The molecule has 1 aliphatic heterocycles. The van der Waals surface area contributed by atoms with E-state index in [0.717, 1.165) is 11.1 Å². The maximum atomic E-state index is 13.0. The zero-order valence-electron chi connectivity index (χ0n) is 19.8. The highest BCUT2D eigenvalue weighted by atomic mass is 32.2. The molecule has 35 heavy (non-hydrogen) atoms. The topological polar surface area (TPSA) is 83.6 Å². The van der Waals surface area contributed by atoms with E-state index in [4.69, 9.17) is 0 Å². The van der Waals surface area contributed by atoms with Crippen LogP contribution in [0.2, 0.25) is 0 Å². The van der Waals surface area contributed by atoms with Gasteiger partial charge in [0.25, 0.3) is 0 Å². The van der Waals surface area contributed by atoms with E-state index in [1.165, 1.54) is 35.5 Å². The van der Waals surface area contributed by atoms with Crippen LogP contribution in [0, 0.1) is 5.92 Å². The fraction of sp³-hybridized carbons (Fsp3) is 0.286. The monoisotopic (exact) mass is 490 g/mol. The number of Topliss-reactive ketones (excluding diaryl/α,β-unsaturated/α-hetero) is 1. The Morgan fingerprint density at radius 2 is 1.37 bits per heavy atom. The minimum absolute atomic E-state index is 0.0373. The summed E-state index contributed by atoms with van der Waals surface area (Å²) < 4.78 is 27.5. The number of benzene rings is 3. The Morgan fingerprint density at radius 1 is 0.857 bits per heavy atom. The van der Waals surface area contributed by atoms with Crippen molar-refractivity contribution in [3.05, 3.63) is 102 Å². The molecule has 1 heterocycles. The molecule has 1 amide bonds. The van der Waals surface area contributed by atoms with Crippen LogP contribution >= 0.6 is 0 Å². The van der Waals surface area contributed by atoms with Crippen LogP contribution in [0.1, 0.15) is 47.2 Å². The van der Waals surface area contributed by atoms with Crippen LogP contribution in [0.4, 0.5) is 0 Å². The smallest absolute Gasteiger partial charge is 0.243 e. The molecule has 3 aromatic carbocycles. The summed E-state index contributed by atoms with van der Waals surface area (Å²) >= 11 is 0. The number of amides is 1. The van der Waals surface area contributed by atoms with Crippen LogP contribution in [0.15, 0.2) is 89.8 Å². The maximum absolute atomic E-state index is 13.0. The lowest BCUT2D eigenvalue weighted by Crippen LogP contribution is -2.43. The molecule has 1 saturated heterocycles. The molecule has 1 aliphatic rings. The number of carbonyl (C=O) groups excluding carboxylic acids is 2. The molecule has 0 spiro atoms. The second-order valence-corrected chi connectivity index (χ2v) is 10.8. The third-order valence-corrected chi connectivity index (χ3v) is 8.52. The molecule has 1 N–H and O–H groups in total. The van der Waals surface area contributed by atoms with Crippen molar-refractivity contribution in [2.45, 2.75) is 30.6 Å². The average molecular weight is 491 g/mol. The predicted octanol–water partition coefficient (Wildman–Crippen LogP) is 4.24. The first-order valence-corrected chi connectivity index (χ1v) is 13.3. The summed E-state index contributed by atoms with van der Waals surface area (Å²) in [6.45, 7) is 2.50. The highest BCUT2D eigenvalue weighted by Crippen LogP contribution is 2.26. The number of sulfonamides is 1. The molecule has 7 heteroatoms. The summed E-state index contributed by atoms with van der Waals surface area (Å²) in [5.41, 5.74) is 2.75. The van der Waals surface area contributed by atoms with Crippen molar-refractivity contribution >= 4 is 21.7 Å². The summed E-state index contributed by atoms with van der Waals surface area (Å²) in [6.07, 6.45) is 0.940. The number of nitrogens with zero attached hydrogens (tertiary/aromatic N) is 1. The fourth-order valence-corrected chi connectivity index (χ4v) is 5.98. The first-order chi connectivity index (χ1) is 16.9. The second kappa shape index (κ2) is 11.0. The molecule has 0 saturated carbocycles. The zero-order valence-corrected chi connectivity index (χ0v) is 20.6. The van der Waals surface area contributed by atoms with Crippen LogP contribution in [0.3, 0.4) is 0 Å². The van der Waals surface area contributed by atoms with Gasteiger partial charge in [0.1, 0.15) is 0 Å². The standard InChI is InChI=1S/C28H30N2O4S/c1-21(31)22-12-14-26(15-13-22)35(33,34)30-18-16-25(17-19-30)28(32)29-20-27(23-8-4-2-5-9-23)24-10-6-3-7-11-24/h2-15,25,27H,16-20H2,1H3,(H,29,32). The number of hydrogen-bond donors (Lipinski definition) is 1. The summed E-state index contributed by atoms with van der Waals surface area (Å²) in [7, 11) is -3.66. The van der Waals surface area contributed by atoms with Gasteiger partial charge in [-0.25, -0.2) is 8.42 Å². The van der Waals surface area contributed by atoms with Crippen molar-refractivity contribution in [1.82, 2.24) is 9.62 Å². The van der Waals surface area contributed by atoms with Gasteiger partial charge in [0.15, 0.2) is 5.78 Å². The van der Waals surface area contributed by atoms with Crippen molar-refractivity contribution in [3.63, 3.8) is 0 Å². The van der Waals surface area contributed by atoms with Crippen molar-refractivity contribution < 1.29 is 18.0 Å². The number of rotatable bonds is 8. The molecule has 0 unspecified atom stereocenters. The van der Waals surface area contributed by atoms with Crippen molar-refractivity contribution in [2.24, 2.45) is 5.92 Å². The van der Waals surface area contributed by atoms with E-state index in [9.17, 15) is 18.0 Å². The quantitative estimate of drug-likeness (QED) is 0.479. The average Bonchev–Trinajstić information content (AvgIpc) is 2.90. The Balaban J connectivity index is 1.36. The molecule has 4 rings (SSSR count). The van der Waals surface area contributed by atoms with Gasteiger partial charge in [-0.05, 0) is 43.0 Å². The van der Waals surface area contributed by atoms with Gasteiger partial charge in [0, 0.05) is 37.0 Å². The van der Waals surface area contributed by atoms with Crippen LogP contribution in [0.25, 0.3) is 0 Å². The number of hydrogen-bond acceptors (Lipinski definition) is 4. The Hall–Kier alpha value is -3.29. The normalized spacial score (nSPS) is 15.1. The summed E-state index contributed by atoms with van der Waals surface area (Å²) in [4.78, 5) is 24.6. The molecule has 3 aromatic rings. The first kappa shape index (κ1) is 24.8. The van der Waals surface area contributed by atoms with E-state index in [1.54, 1.807) is 0 Å². The molecular formula is C28H30N2O4S. The van der Waals surface area contributed by atoms with Crippen LogP contribution < -0.4 is 5.32 Å². The maximum Gasteiger partial charge on any atom is 0.243 e. The lowest BCUT2D eigenvalue weighted by atomic mass is 9.90. The van der Waals surface area contributed by atoms with Gasteiger partial charge in [0.05, 0.1) is 4.90 Å². The first-order valence-electron chi connectivity index (χ1n) is 11.8. The largest absolute Gasteiger partial charge is 0.355 e. The number of carbonyl (C=O) groups is 2. The van der Waals surface area contributed by atoms with Crippen molar-refractivity contribution in [1.29, 1.82) is 0 Å². The number of ketones is 1. The van der Waals surface area contributed by atoms with Crippen LogP contribution in [-0.4, -0.2) is 44.0 Å². The molecule has 0 aliphatic carbocycles. The zero-order chi connectivity index (χ0) is 24.8. The fourth-order valence-electron chi connectivity index (χ4n) is 4.51. The molecule has 0 radical (unpaired) electrons. The van der Waals surface area contributed by atoms with Crippen molar-refractivity contribution in [3.8, 4) is 0 Å². The Labute approximate surface area is 207 Å². The lowest BCUT2D eigenvalue weighted by Gasteiger charge is -2.31. The molecule has 0 atom stereocenters. The highest BCUT2D eigenvalue weighted by Gasteiger charge is 2.32. The van der Waals surface area contributed by atoms with Gasteiger partial charge in [0.2, 0.25) is 15.9 Å². The predicted molar refractivity (Wildman–Crippen MR) is 136 cm³/mol. The van der Waals surface area contributed by atoms with Gasteiger partial charge < -0.3 is 5.32 Å². The van der Waals surface area contributed by atoms with Crippen LogP contribution in [0.5, 0.6) is 0 Å². The highest BCUT2D eigenvalue weighted by molar-refractivity contribution is 7.89. The van der Waals surface area contributed by atoms with E-state index >= 15 is 0 Å². The van der Waals surface area contributed by atoms with E-state index in [2.05, 4.69) is 29.6 Å². The van der Waals surface area contributed by atoms with E-state index in [1.807, 2.05) is 36.4 Å². The second-order valence-electron chi connectivity index (χ2n) is 8.88. The van der Waals surface area contributed by atoms with Gasteiger partial charge in [-0.15, -0.1) is 0 Å². The molecular weight excluding hydrogens is 460 g/mol. The van der Waals surface area contributed by atoms with Crippen molar-refractivity contribution in [2.75, 3.05) is 19.6 Å². The minimum Gasteiger partial charge on any atom is -0.355 e. The van der Waals surface area contributed by atoms with Gasteiger partial charge in [-0.1, -0.05) is 72.8 Å². The van der Waals surface area contributed by atoms with Crippen LogP contribution in [-0.2, 0) is 14.8 Å². The Bertz CT molecular complexity index is 1210. The Kier molecular flexibility index (Phi) is 7.78. The minimum atomic E-state index is -3.66. The summed E-state index contributed by atoms with van der Waals surface area (Å²) in [6, 6.07) is 26.2. The molecule has 6 nitrogen and oxygen atoms in total. The molecule has 1 fully saturated rings. The third-order valence-electron chi connectivity index (χ3n) is 6.61. The van der Waals surface area contributed by atoms with E-state index < -0.39 is 10.0 Å². The number of nitrogens with one attached hydrogen (secondary N) is 1. The Morgan fingerprint density at radius 3 is 1.86 bits per heavy atom. The summed E-state index contributed by atoms with van der Waals surface area (Å²) in [5, 5.41) is 3.11. The lowest BCUT2D eigenvalue weighted by molar-refractivity contribution is -0.126.